The molecule has 3 rings (SSSR count). The molecular formula is C15H16BrN. The van der Waals surface area contributed by atoms with Crippen LogP contribution in [-0.4, -0.2) is 13.1 Å². The van der Waals surface area contributed by atoms with Gasteiger partial charge < -0.3 is 4.90 Å². The van der Waals surface area contributed by atoms with Crippen LogP contribution in [0.25, 0.3) is 10.8 Å². The topological polar surface area (TPSA) is 3.24 Å². The summed E-state index contributed by atoms with van der Waals surface area (Å²) in [5.74, 6) is 0. The lowest BCUT2D eigenvalue weighted by Gasteiger charge is -2.26. The average Bonchev–Trinajstić information content (AvgIpc) is 2.39. The predicted octanol–water partition coefficient (Wildman–Crippen LogP) is 4.18. The summed E-state index contributed by atoms with van der Waals surface area (Å²) in [6.45, 7) is 2.17. The van der Waals surface area contributed by atoms with Crippen LogP contribution in [0.5, 0.6) is 0 Å². The van der Waals surface area contributed by atoms with E-state index in [1.54, 1.807) is 0 Å². The highest BCUT2D eigenvalue weighted by molar-refractivity contribution is 8.93. The summed E-state index contributed by atoms with van der Waals surface area (Å²) in [4.78, 5) is 2.45. The van der Waals surface area contributed by atoms with Crippen LogP contribution in [0.3, 0.4) is 0 Å². The van der Waals surface area contributed by atoms with Crippen molar-refractivity contribution in [2.45, 2.75) is 6.42 Å². The lowest BCUT2D eigenvalue weighted by molar-refractivity contribution is 0.824. The molecule has 1 aliphatic heterocycles. The van der Waals surface area contributed by atoms with Crippen molar-refractivity contribution >= 4 is 33.4 Å². The molecule has 0 atom stereocenters. The number of halogens is 1. The van der Waals surface area contributed by atoms with Crippen molar-refractivity contribution in [2.24, 2.45) is 0 Å². The molecule has 17 heavy (non-hydrogen) atoms. The number of rotatable bonds is 1. The summed E-state index contributed by atoms with van der Waals surface area (Å²) < 4.78 is 0. The van der Waals surface area contributed by atoms with Gasteiger partial charge in [0.2, 0.25) is 0 Å². The van der Waals surface area contributed by atoms with Crippen molar-refractivity contribution in [2.75, 3.05) is 18.0 Å². The first-order valence-electron chi connectivity index (χ1n) is 5.83. The van der Waals surface area contributed by atoms with Crippen LogP contribution in [0.15, 0.2) is 54.6 Å². The Hall–Kier alpha value is -1.28. The Morgan fingerprint density at radius 3 is 2.53 bits per heavy atom. The molecule has 88 valence electrons. The highest BCUT2D eigenvalue weighted by Crippen LogP contribution is 2.27. The van der Waals surface area contributed by atoms with Crippen LogP contribution in [0, 0.1) is 0 Å². The summed E-state index contributed by atoms with van der Waals surface area (Å²) in [7, 11) is 0. The van der Waals surface area contributed by atoms with Gasteiger partial charge in [-0.15, -0.1) is 17.0 Å². The van der Waals surface area contributed by atoms with Gasteiger partial charge in [-0.3, -0.25) is 0 Å². The van der Waals surface area contributed by atoms with E-state index in [2.05, 4.69) is 59.5 Å². The summed E-state index contributed by atoms with van der Waals surface area (Å²) in [5, 5.41) is 2.69. The van der Waals surface area contributed by atoms with Gasteiger partial charge in [-0.2, -0.15) is 0 Å². The molecule has 0 saturated carbocycles. The standard InChI is InChI=1S/C15H15N.BrH/c1-4-11-16(12-5-1)15-10-6-8-13-7-2-3-9-14(13)15;/h1-4,6-10H,5,11-12H2;1H. The molecule has 2 aromatic rings. The van der Waals surface area contributed by atoms with E-state index in [1.165, 1.54) is 16.5 Å². The SMILES string of the molecule is Br.C1=CCN(c2cccc3ccccc23)CC1. The maximum atomic E-state index is 2.45. The first-order chi connectivity index (χ1) is 7.95. The Morgan fingerprint density at radius 2 is 1.71 bits per heavy atom. The number of fused-ring (bicyclic) bond motifs is 1. The van der Waals surface area contributed by atoms with Gasteiger partial charge in [-0.25, -0.2) is 0 Å². The molecule has 1 heterocycles. The zero-order chi connectivity index (χ0) is 10.8. The monoisotopic (exact) mass is 289 g/mol. The Labute approximate surface area is 113 Å². The van der Waals surface area contributed by atoms with E-state index < -0.39 is 0 Å². The minimum absolute atomic E-state index is 0. The minimum atomic E-state index is 0. The number of nitrogens with zero attached hydrogens (tertiary/aromatic N) is 1. The van der Waals surface area contributed by atoms with Crippen molar-refractivity contribution in [3.05, 3.63) is 54.6 Å². The minimum Gasteiger partial charge on any atom is -0.367 e. The second-order valence-electron chi connectivity index (χ2n) is 4.20. The summed E-state index contributed by atoms with van der Waals surface area (Å²) in [6, 6.07) is 15.2. The Bertz CT molecular complexity index is 528. The van der Waals surface area contributed by atoms with E-state index in [4.69, 9.17) is 0 Å². The number of anilines is 1. The van der Waals surface area contributed by atoms with Crippen LogP contribution in [-0.2, 0) is 0 Å². The lowest BCUT2D eigenvalue weighted by atomic mass is 10.1. The van der Waals surface area contributed by atoms with E-state index in [0.29, 0.717) is 0 Å². The fourth-order valence-electron chi connectivity index (χ4n) is 2.34. The van der Waals surface area contributed by atoms with Crippen LogP contribution >= 0.6 is 17.0 Å². The van der Waals surface area contributed by atoms with Crippen LogP contribution in [0.1, 0.15) is 6.42 Å². The van der Waals surface area contributed by atoms with Crippen molar-refractivity contribution in [3.63, 3.8) is 0 Å². The molecule has 0 fully saturated rings. The zero-order valence-electron chi connectivity index (χ0n) is 9.67. The molecule has 0 spiro atoms. The molecule has 1 aliphatic rings. The van der Waals surface area contributed by atoms with Crippen LogP contribution < -0.4 is 4.90 Å². The maximum Gasteiger partial charge on any atom is 0.0448 e. The van der Waals surface area contributed by atoms with Crippen molar-refractivity contribution in [3.8, 4) is 0 Å². The molecule has 0 aliphatic carbocycles. The van der Waals surface area contributed by atoms with E-state index in [0.717, 1.165) is 19.5 Å². The summed E-state index contributed by atoms with van der Waals surface area (Å²) >= 11 is 0. The average molecular weight is 290 g/mol. The van der Waals surface area contributed by atoms with Gasteiger partial charge in [-0.1, -0.05) is 48.6 Å². The molecule has 2 aromatic carbocycles. The highest BCUT2D eigenvalue weighted by atomic mass is 79.9. The third kappa shape index (κ3) is 2.37. The third-order valence-corrected chi connectivity index (χ3v) is 3.17. The van der Waals surface area contributed by atoms with Crippen LogP contribution in [0.2, 0.25) is 0 Å². The van der Waals surface area contributed by atoms with Crippen molar-refractivity contribution < 1.29 is 0 Å². The maximum absolute atomic E-state index is 2.45. The molecule has 0 N–H and O–H groups in total. The molecule has 0 saturated heterocycles. The van der Waals surface area contributed by atoms with Crippen molar-refractivity contribution in [1.82, 2.24) is 0 Å². The number of hydrogen-bond donors (Lipinski definition) is 0. The quantitative estimate of drug-likeness (QED) is 0.712. The van der Waals surface area contributed by atoms with Gasteiger partial charge in [0.05, 0.1) is 0 Å². The molecule has 2 heteroatoms. The summed E-state index contributed by atoms with van der Waals surface area (Å²) in [6.07, 6.45) is 5.68. The van der Waals surface area contributed by atoms with Gasteiger partial charge in [0.1, 0.15) is 0 Å². The highest BCUT2D eigenvalue weighted by Gasteiger charge is 2.09. The van der Waals surface area contributed by atoms with Gasteiger partial charge >= 0.3 is 0 Å². The first kappa shape index (κ1) is 12.2. The number of hydrogen-bond acceptors (Lipinski definition) is 1. The smallest absolute Gasteiger partial charge is 0.0448 e. The van der Waals surface area contributed by atoms with E-state index >= 15 is 0 Å². The number of benzene rings is 2. The molecule has 0 unspecified atom stereocenters. The lowest BCUT2D eigenvalue weighted by Crippen LogP contribution is -2.26. The Balaban J connectivity index is 0.00000108. The molecular weight excluding hydrogens is 274 g/mol. The van der Waals surface area contributed by atoms with Gasteiger partial charge in [0.25, 0.3) is 0 Å². The largest absolute Gasteiger partial charge is 0.367 e. The fourth-order valence-corrected chi connectivity index (χ4v) is 2.34. The molecule has 0 amide bonds. The zero-order valence-corrected chi connectivity index (χ0v) is 11.4. The summed E-state index contributed by atoms with van der Waals surface area (Å²) in [5.41, 5.74) is 1.36. The first-order valence-corrected chi connectivity index (χ1v) is 5.83. The van der Waals surface area contributed by atoms with Crippen molar-refractivity contribution in [1.29, 1.82) is 0 Å². The molecule has 0 radical (unpaired) electrons. The second kappa shape index (κ2) is 5.37. The normalized spacial score (nSPS) is 14.7. The van der Waals surface area contributed by atoms with Crippen LogP contribution in [0.4, 0.5) is 5.69 Å². The van der Waals surface area contributed by atoms with E-state index in [1.807, 2.05) is 0 Å². The van der Waals surface area contributed by atoms with Gasteiger partial charge in [0.15, 0.2) is 0 Å². The predicted molar refractivity (Wildman–Crippen MR) is 80.2 cm³/mol. The molecule has 0 aromatic heterocycles. The Kier molecular flexibility index (Phi) is 3.85. The third-order valence-electron chi connectivity index (χ3n) is 3.17. The van der Waals surface area contributed by atoms with Gasteiger partial charge in [-0.05, 0) is 17.9 Å². The fraction of sp³-hybridized carbons (Fsp3) is 0.200. The molecule has 0 bridgehead atoms. The Morgan fingerprint density at radius 1 is 0.882 bits per heavy atom. The second-order valence-corrected chi connectivity index (χ2v) is 4.20. The van der Waals surface area contributed by atoms with E-state index in [-0.39, 0.29) is 17.0 Å². The molecule has 1 nitrogen and oxygen atoms in total. The van der Waals surface area contributed by atoms with Gasteiger partial charge in [0, 0.05) is 24.2 Å². The van der Waals surface area contributed by atoms with E-state index in [9.17, 15) is 0 Å².